The fourth-order valence-electron chi connectivity index (χ4n) is 2.68. The second kappa shape index (κ2) is 3.63. The number of imidazole rings is 1. The number of rotatable bonds is 2. The molecule has 0 bridgehead atoms. The first kappa shape index (κ1) is 9.40. The Morgan fingerprint density at radius 2 is 1.87 bits per heavy atom. The second-order valence-corrected chi connectivity index (χ2v) is 5.04. The van der Waals surface area contributed by atoms with E-state index in [1.165, 1.54) is 44.3 Å². The lowest BCUT2D eigenvalue weighted by atomic mass is 9.86. The summed E-state index contributed by atoms with van der Waals surface area (Å²) in [5, 5.41) is 0. The Hall–Kier alpha value is -0.830. The average Bonchev–Trinajstić information content (AvgIpc) is 2.98. The van der Waals surface area contributed by atoms with Crippen LogP contribution >= 0.6 is 0 Å². The summed E-state index contributed by atoms with van der Waals surface area (Å²) in [5.74, 6) is 1.99. The summed E-state index contributed by atoms with van der Waals surface area (Å²) < 4.78 is 2.40. The van der Waals surface area contributed by atoms with Gasteiger partial charge in [-0.05, 0) is 38.5 Å². The van der Waals surface area contributed by atoms with E-state index in [0.29, 0.717) is 12.0 Å². The molecule has 1 heterocycles. The van der Waals surface area contributed by atoms with Crippen molar-refractivity contribution >= 4 is 0 Å². The van der Waals surface area contributed by atoms with Crippen LogP contribution in [0.15, 0.2) is 12.4 Å². The molecule has 1 aromatic heterocycles. The predicted molar refractivity (Wildman–Crippen MR) is 59.7 cm³/mol. The van der Waals surface area contributed by atoms with Crippen LogP contribution in [0.1, 0.15) is 56.3 Å². The molecule has 15 heavy (non-hydrogen) atoms. The molecule has 2 aliphatic carbocycles. The quantitative estimate of drug-likeness (QED) is 0.804. The molecule has 3 heteroatoms. The van der Waals surface area contributed by atoms with Crippen molar-refractivity contribution in [3.8, 4) is 0 Å². The lowest BCUT2D eigenvalue weighted by Gasteiger charge is -2.26. The zero-order valence-corrected chi connectivity index (χ0v) is 9.10. The fourth-order valence-corrected chi connectivity index (χ4v) is 2.68. The molecule has 2 N–H and O–H groups in total. The predicted octanol–water partition coefficient (Wildman–Crippen LogP) is 2.20. The Labute approximate surface area is 90.7 Å². The number of aromatic nitrogens is 2. The minimum absolute atomic E-state index is 0.436. The van der Waals surface area contributed by atoms with E-state index < -0.39 is 0 Å². The monoisotopic (exact) mass is 205 g/mol. The zero-order valence-electron chi connectivity index (χ0n) is 9.10. The van der Waals surface area contributed by atoms with Gasteiger partial charge in [0.1, 0.15) is 5.82 Å². The lowest BCUT2D eigenvalue weighted by Crippen LogP contribution is -2.26. The smallest absolute Gasteiger partial charge is 0.112 e. The van der Waals surface area contributed by atoms with Crippen LogP contribution in [0.2, 0.25) is 0 Å². The van der Waals surface area contributed by atoms with Crippen molar-refractivity contribution in [3.63, 3.8) is 0 Å². The highest BCUT2D eigenvalue weighted by Gasteiger charge is 2.29. The number of nitrogens with two attached hydrogens (primary N) is 1. The maximum atomic E-state index is 5.93. The molecule has 2 aliphatic rings. The molecule has 3 rings (SSSR count). The van der Waals surface area contributed by atoms with Crippen molar-refractivity contribution in [2.24, 2.45) is 5.73 Å². The number of nitrogens with zero attached hydrogens (tertiary/aromatic N) is 2. The van der Waals surface area contributed by atoms with E-state index >= 15 is 0 Å². The van der Waals surface area contributed by atoms with Crippen LogP contribution in [0.4, 0.5) is 0 Å². The Balaban J connectivity index is 1.77. The van der Waals surface area contributed by atoms with Crippen LogP contribution in [0.5, 0.6) is 0 Å². The van der Waals surface area contributed by atoms with Gasteiger partial charge in [0.25, 0.3) is 0 Å². The first-order chi connectivity index (χ1) is 7.34. The van der Waals surface area contributed by atoms with Gasteiger partial charge in [-0.2, -0.15) is 0 Å². The summed E-state index contributed by atoms with van der Waals surface area (Å²) in [4.78, 5) is 4.55. The average molecular weight is 205 g/mol. The maximum Gasteiger partial charge on any atom is 0.112 e. The normalized spacial score (nSPS) is 31.8. The van der Waals surface area contributed by atoms with Gasteiger partial charge in [-0.3, -0.25) is 0 Å². The van der Waals surface area contributed by atoms with E-state index in [1.807, 2.05) is 6.20 Å². The third kappa shape index (κ3) is 1.81. The third-order valence-corrected chi connectivity index (χ3v) is 3.78. The van der Waals surface area contributed by atoms with Crippen molar-refractivity contribution in [3.05, 3.63) is 18.2 Å². The van der Waals surface area contributed by atoms with Gasteiger partial charge >= 0.3 is 0 Å². The first-order valence-electron chi connectivity index (χ1n) is 6.13. The Bertz CT molecular complexity index is 332. The number of hydrogen-bond acceptors (Lipinski definition) is 2. The zero-order chi connectivity index (χ0) is 10.3. The van der Waals surface area contributed by atoms with Gasteiger partial charge in [0.15, 0.2) is 0 Å². The summed E-state index contributed by atoms with van der Waals surface area (Å²) in [7, 11) is 0. The summed E-state index contributed by atoms with van der Waals surface area (Å²) in [5.41, 5.74) is 5.93. The standard InChI is InChI=1S/C12H19N3/c13-10-3-1-9(2-4-10)12-14-7-8-15(12)11-5-6-11/h7-11H,1-6,13H2. The van der Waals surface area contributed by atoms with Crippen LogP contribution < -0.4 is 5.73 Å². The van der Waals surface area contributed by atoms with E-state index in [4.69, 9.17) is 5.73 Å². The molecule has 2 saturated carbocycles. The van der Waals surface area contributed by atoms with Crippen molar-refractivity contribution in [1.29, 1.82) is 0 Å². The second-order valence-electron chi connectivity index (χ2n) is 5.04. The number of hydrogen-bond donors (Lipinski definition) is 1. The molecule has 2 fully saturated rings. The molecule has 0 aliphatic heterocycles. The summed E-state index contributed by atoms with van der Waals surface area (Å²) in [6.07, 6.45) is 11.6. The summed E-state index contributed by atoms with van der Waals surface area (Å²) in [6.45, 7) is 0. The van der Waals surface area contributed by atoms with Crippen LogP contribution in [0.25, 0.3) is 0 Å². The minimum Gasteiger partial charge on any atom is -0.332 e. The molecule has 0 saturated heterocycles. The van der Waals surface area contributed by atoms with Gasteiger partial charge in [0.2, 0.25) is 0 Å². The summed E-state index contributed by atoms with van der Waals surface area (Å²) in [6, 6.07) is 1.20. The van der Waals surface area contributed by atoms with E-state index in [1.54, 1.807) is 0 Å². The highest BCUT2D eigenvalue weighted by Crippen LogP contribution is 2.39. The molecule has 1 aromatic rings. The van der Waals surface area contributed by atoms with Gasteiger partial charge in [-0.1, -0.05) is 0 Å². The highest BCUT2D eigenvalue weighted by molar-refractivity contribution is 5.06. The summed E-state index contributed by atoms with van der Waals surface area (Å²) >= 11 is 0. The molecule has 0 radical (unpaired) electrons. The minimum atomic E-state index is 0.436. The van der Waals surface area contributed by atoms with Crippen molar-refractivity contribution in [2.75, 3.05) is 0 Å². The molecule has 0 spiro atoms. The molecular weight excluding hydrogens is 186 g/mol. The van der Waals surface area contributed by atoms with Gasteiger partial charge in [-0.15, -0.1) is 0 Å². The van der Waals surface area contributed by atoms with E-state index in [2.05, 4.69) is 15.7 Å². The van der Waals surface area contributed by atoms with Gasteiger partial charge < -0.3 is 10.3 Å². The molecule has 0 unspecified atom stereocenters. The first-order valence-corrected chi connectivity index (χ1v) is 6.13. The molecular formula is C12H19N3. The van der Waals surface area contributed by atoms with Crippen molar-refractivity contribution < 1.29 is 0 Å². The van der Waals surface area contributed by atoms with E-state index in [9.17, 15) is 0 Å². The Morgan fingerprint density at radius 1 is 1.13 bits per heavy atom. The van der Waals surface area contributed by atoms with Crippen molar-refractivity contribution in [1.82, 2.24) is 9.55 Å². The molecule has 0 aromatic carbocycles. The molecule has 0 amide bonds. The topological polar surface area (TPSA) is 43.8 Å². The largest absolute Gasteiger partial charge is 0.332 e. The molecule has 82 valence electrons. The van der Waals surface area contributed by atoms with Crippen LogP contribution in [0, 0.1) is 0 Å². The lowest BCUT2D eigenvalue weighted by molar-refractivity contribution is 0.376. The van der Waals surface area contributed by atoms with E-state index in [-0.39, 0.29) is 0 Å². The highest BCUT2D eigenvalue weighted by atomic mass is 15.1. The third-order valence-electron chi connectivity index (χ3n) is 3.78. The van der Waals surface area contributed by atoms with Gasteiger partial charge in [0.05, 0.1) is 0 Å². The SMILES string of the molecule is NC1CCC(c2nccn2C2CC2)CC1. The van der Waals surface area contributed by atoms with E-state index in [0.717, 1.165) is 6.04 Å². The van der Waals surface area contributed by atoms with Gasteiger partial charge in [0, 0.05) is 30.4 Å². The molecule has 3 nitrogen and oxygen atoms in total. The van der Waals surface area contributed by atoms with Crippen LogP contribution in [-0.4, -0.2) is 15.6 Å². The maximum absolute atomic E-state index is 5.93. The molecule has 0 atom stereocenters. The Kier molecular flexibility index (Phi) is 2.28. The van der Waals surface area contributed by atoms with Crippen LogP contribution in [-0.2, 0) is 0 Å². The Morgan fingerprint density at radius 3 is 2.53 bits per heavy atom. The van der Waals surface area contributed by atoms with Crippen LogP contribution in [0.3, 0.4) is 0 Å². The fraction of sp³-hybridized carbons (Fsp3) is 0.750. The van der Waals surface area contributed by atoms with Gasteiger partial charge in [-0.25, -0.2) is 4.98 Å². The van der Waals surface area contributed by atoms with Crippen molar-refractivity contribution in [2.45, 2.75) is 56.5 Å².